The Morgan fingerprint density at radius 3 is 2.40 bits per heavy atom. The first-order valence-corrected chi connectivity index (χ1v) is 4.16. The van der Waals surface area contributed by atoms with Crippen LogP contribution in [-0.4, -0.2) is 15.0 Å². The minimum atomic E-state index is 0.0268. The second-order valence-electron chi connectivity index (χ2n) is 2.71. The van der Waals surface area contributed by atoms with Crippen LogP contribution in [0.2, 0.25) is 0 Å². The zero-order valence-corrected chi connectivity index (χ0v) is 8.45. The minimum absolute atomic E-state index is 0.0268. The highest BCUT2D eigenvalue weighted by Gasteiger charge is 2.15. The van der Waals surface area contributed by atoms with Crippen molar-refractivity contribution in [3.8, 4) is 0 Å². The van der Waals surface area contributed by atoms with E-state index in [1.165, 1.54) is 0 Å². The summed E-state index contributed by atoms with van der Waals surface area (Å²) in [5.74, 6) is 0. The van der Waals surface area contributed by atoms with Crippen molar-refractivity contribution < 1.29 is 0 Å². The lowest BCUT2D eigenvalue weighted by molar-refractivity contribution is 0.489. The van der Waals surface area contributed by atoms with Gasteiger partial charge in [0.25, 0.3) is 0 Å². The molecule has 0 N–H and O–H groups in total. The molecule has 0 aliphatic heterocycles. The van der Waals surface area contributed by atoms with Crippen LogP contribution in [-0.2, 0) is 3.55 Å². The summed E-state index contributed by atoms with van der Waals surface area (Å²) in [5, 5.41) is 7.84. The maximum absolute atomic E-state index is 3.95. The summed E-state index contributed by atoms with van der Waals surface area (Å²) < 4.78 is 1.88. The van der Waals surface area contributed by atoms with Gasteiger partial charge >= 0.3 is 0 Å². The van der Waals surface area contributed by atoms with Crippen LogP contribution in [0.4, 0.5) is 0 Å². The molecule has 10 heavy (non-hydrogen) atoms. The third-order valence-corrected chi connectivity index (χ3v) is 1.65. The molecule has 0 aromatic carbocycles. The van der Waals surface area contributed by atoms with E-state index in [4.69, 9.17) is 0 Å². The predicted molar refractivity (Wildman–Crippen MR) is 48.1 cm³/mol. The van der Waals surface area contributed by atoms with E-state index in [2.05, 4.69) is 46.8 Å². The number of aromatic nitrogens is 3. The average Bonchev–Trinajstić information content (AvgIpc) is 2.11. The van der Waals surface area contributed by atoms with Gasteiger partial charge in [0.1, 0.15) is 3.55 Å². The first kappa shape index (κ1) is 7.97. The summed E-state index contributed by atoms with van der Waals surface area (Å²) in [6, 6.07) is 0. The van der Waals surface area contributed by atoms with E-state index in [9.17, 15) is 0 Å². The van der Waals surface area contributed by atoms with Crippen LogP contribution in [0.5, 0.6) is 0 Å². The van der Waals surface area contributed by atoms with Crippen molar-refractivity contribution in [1.82, 2.24) is 15.0 Å². The van der Waals surface area contributed by atoms with Gasteiger partial charge in [0.2, 0.25) is 0 Å². The molecular weight excluding hydrogens is 241 g/mol. The van der Waals surface area contributed by atoms with Gasteiger partial charge in [-0.1, -0.05) is 27.8 Å². The standard InChI is InChI=1S/C6H10IN3/c1-5-4-10(9-8-5)6(2,3)7/h4H,1-3H3. The van der Waals surface area contributed by atoms with Crippen molar-refractivity contribution in [2.24, 2.45) is 0 Å². The molecule has 1 rings (SSSR count). The first-order chi connectivity index (χ1) is 4.50. The van der Waals surface area contributed by atoms with Crippen LogP contribution in [0.25, 0.3) is 0 Å². The fourth-order valence-electron chi connectivity index (χ4n) is 0.607. The Morgan fingerprint density at radius 2 is 2.20 bits per heavy atom. The molecule has 0 radical (unpaired) electrons. The highest BCUT2D eigenvalue weighted by molar-refractivity contribution is 14.1. The Morgan fingerprint density at radius 1 is 1.60 bits per heavy atom. The Kier molecular flexibility index (Phi) is 1.98. The lowest BCUT2D eigenvalue weighted by Gasteiger charge is -2.14. The van der Waals surface area contributed by atoms with Crippen molar-refractivity contribution in [2.75, 3.05) is 0 Å². The average molecular weight is 251 g/mol. The van der Waals surface area contributed by atoms with Crippen LogP contribution in [0, 0.1) is 6.92 Å². The molecule has 0 unspecified atom stereocenters. The molecule has 0 spiro atoms. The third-order valence-electron chi connectivity index (χ3n) is 1.15. The molecule has 1 heterocycles. The summed E-state index contributed by atoms with van der Waals surface area (Å²) in [6.07, 6.45) is 1.94. The SMILES string of the molecule is Cc1cn(C(C)(C)I)nn1. The number of hydrogen-bond acceptors (Lipinski definition) is 2. The lowest BCUT2D eigenvalue weighted by atomic mass is 10.4. The zero-order chi connectivity index (χ0) is 7.78. The van der Waals surface area contributed by atoms with E-state index in [1.807, 2.05) is 17.8 Å². The highest BCUT2D eigenvalue weighted by atomic mass is 127. The van der Waals surface area contributed by atoms with Gasteiger partial charge in [-0.15, -0.1) is 5.10 Å². The number of halogens is 1. The number of nitrogens with zero attached hydrogens (tertiary/aromatic N) is 3. The molecule has 0 aliphatic carbocycles. The molecule has 1 aromatic rings. The Labute approximate surface area is 73.9 Å². The van der Waals surface area contributed by atoms with Crippen LogP contribution in [0.1, 0.15) is 19.5 Å². The number of rotatable bonds is 1. The van der Waals surface area contributed by atoms with E-state index in [0.717, 1.165) is 5.69 Å². The van der Waals surface area contributed by atoms with E-state index >= 15 is 0 Å². The summed E-state index contributed by atoms with van der Waals surface area (Å²) in [7, 11) is 0. The van der Waals surface area contributed by atoms with E-state index in [-0.39, 0.29) is 3.55 Å². The summed E-state index contributed by atoms with van der Waals surface area (Å²) in [6.45, 7) is 6.11. The molecule has 4 heteroatoms. The second kappa shape index (κ2) is 2.48. The number of aryl methyl sites for hydroxylation is 1. The van der Waals surface area contributed by atoms with Crippen molar-refractivity contribution >= 4 is 22.6 Å². The molecule has 0 saturated heterocycles. The van der Waals surface area contributed by atoms with Gasteiger partial charge in [0, 0.05) is 6.20 Å². The highest BCUT2D eigenvalue weighted by Crippen LogP contribution is 2.21. The fraction of sp³-hybridized carbons (Fsp3) is 0.667. The van der Waals surface area contributed by atoms with Gasteiger partial charge in [0.05, 0.1) is 5.69 Å². The third kappa shape index (κ3) is 1.68. The van der Waals surface area contributed by atoms with Crippen molar-refractivity contribution in [3.05, 3.63) is 11.9 Å². The zero-order valence-electron chi connectivity index (χ0n) is 6.30. The van der Waals surface area contributed by atoms with Gasteiger partial charge in [-0.25, -0.2) is 4.68 Å². The quantitative estimate of drug-likeness (QED) is 0.562. The van der Waals surface area contributed by atoms with Gasteiger partial charge in [-0.05, 0) is 20.8 Å². The Hall–Kier alpha value is -0.130. The molecule has 0 saturated carbocycles. The topological polar surface area (TPSA) is 30.7 Å². The van der Waals surface area contributed by atoms with E-state index in [0.29, 0.717) is 0 Å². The molecule has 1 aromatic heterocycles. The molecular formula is C6H10IN3. The smallest absolute Gasteiger partial charge is 0.110 e. The minimum Gasteiger partial charge on any atom is -0.237 e. The summed E-state index contributed by atoms with van der Waals surface area (Å²) in [4.78, 5) is 0. The molecule has 0 amide bonds. The normalized spacial score (nSPS) is 12.0. The lowest BCUT2D eigenvalue weighted by Crippen LogP contribution is -2.18. The van der Waals surface area contributed by atoms with Crippen LogP contribution < -0.4 is 0 Å². The molecule has 0 fully saturated rings. The molecule has 56 valence electrons. The van der Waals surface area contributed by atoms with Crippen LogP contribution in [0.15, 0.2) is 6.20 Å². The second-order valence-corrected chi connectivity index (χ2v) is 5.35. The monoisotopic (exact) mass is 251 g/mol. The van der Waals surface area contributed by atoms with Crippen molar-refractivity contribution in [2.45, 2.75) is 24.3 Å². The van der Waals surface area contributed by atoms with Gasteiger partial charge in [0.15, 0.2) is 0 Å². The maximum atomic E-state index is 3.95. The first-order valence-electron chi connectivity index (χ1n) is 3.08. The predicted octanol–water partition coefficient (Wildman–Crippen LogP) is 1.71. The van der Waals surface area contributed by atoms with Gasteiger partial charge < -0.3 is 0 Å². The largest absolute Gasteiger partial charge is 0.237 e. The van der Waals surface area contributed by atoms with Crippen LogP contribution in [0.3, 0.4) is 0 Å². The van der Waals surface area contributed by atoms with E-state index in [1.54, 1.807) is 0 Å². The Bertz CT molecular complexity index is 223. The molecule has 0 atom stereocenters. The molecule has 0 aliphatic rings. The van der Waals surface area contributed by atoms with Gasteiger partial charge in [-0.2, -0.15) is 0 Å². The summed E-state index contributed by atoms with van der Waals surface area (Å²) in [5.41, 5.74) is 0.963. The number of alkyl halides is 1. The Balaban J connectivity index is 2.96. The molecule has 0 bridgehead atoms. The summed E-state index contributed by atoms with van der Waals surface area (Å²) >= 11 is 2.32. The van der Waals surface area contributed by atoms with Crippen LogP contribution >= 0.6 is 22.6 Å². The van der Waals surface area contributed by atoms with Crippen molar-refractivity contribution in [3.63, 3.8) is 0 Å². The maximum Gasteiger partial charge on any atom is 0.110 e. The number of hydrogen-bond donors (Lipinski definition) is 0. The fourth-order valence-corrected chi connectivity index (χ4v) is 0.843. The molecule has 3 nitrogen and oxygen atoms in total. The van der Waals surface area contributed by atoms with E-state index < -0.39 is 0 Å². The van der Waals surface area contributed by atoms with Gasteiger partial charge in [-0.3, -0.25) is 0 Å². The van der Waals surface area contributed by atoms with Crippen molar-refractivity contribution in [1.29, 1.82) is 0 Å².